The zero-order valence-electron chi connectivity index (χ0n) is 11.7. The minimum absolute atomic E-state index is 0.928. The number of rotatable bonds is 11. The van der Waals surface area contributed by atoms with Gasteiger partial charge in [-0.15, -0.1) is 11.3 Å². The van der Waals surface area contributed by atoms with Gasteiger partial charge >= 0.3 is 0 Å². The molecule has 0 aliphatic carbocycles. The van der Waals surface area contributed by atoms with E-state index >= 15 is 0 Å². The van der Waals surface area contributed by atoms with E-state index in [1.165, 1.54) is 75.5 Å². The summed E-state index contributed by atoms with van der Waals surface area (Å²) in [5.74, 6) is 0. The molecule has 1 aromatic rings. The number of halogens is 1. The molecule has 1 heterocycles. The second-order valence-corrected chi connectivity index (χ2v) is 6.94. The smallest absolute Gasteiger partial charge is 0.0931 e. The van der Waals surface area contributed by atoms with Gasteiger partial charge in [-0.05, 0) is 25.0 Å². The molecule has 0 bridgehead atoms. The summed E-state index contributed by atoms with van der Waals surface area (Å²) in [5, 5.41) is 0. The Bertz CT molecular complexity index is 293. The molecule has 0 N–H and O–H groups in total. The van der Waals surface area contributed by atoms with Crippen LogP contribution in [-0.4, -0.2) is 0 Å². The highest BCUT2D eigenvalue weighted by atomic mass is 35.5. The second kappa shape index (κ2) is 10.9. The fourth-order valence-electron chi connectivity index (χ4n) is 2.27. The summed E-state index contributed by atoms with van der Waals surface area (Å²) >= 11 is 7.65. The van der Waals surface area contributed by atoms with Crippen LogP contribution in [0.25, 0.3) is 0 Å². The molecule has 0 saturated heterocycles. The van der Waals surface area contributed by atoms with Crippen molar-refractivity contribution in [1.82, 2.24) is 0 Å². The first kappa shape index (κ1) is 16.0. The molecule has 0 aromatic carbocycles. The fraction of sp³-hybridized carbons (Fsp3) is 0.750. The first-order valence-corrected chi connectivity index (χ1v) is 8.76. The minimum atomic E-state index is 0.928. The van der Waals surface area contributed by atoms with Gasteiger partial charge in [-0.1, -0.05) is 76.3 Å². The molecular weight excluding hydrogens is 260 g/mol. The Labute approximate surface area is 122 Å². The molecule has 0 fully saturated rings. The Morgan fingerprint density at radius 3 is 1.89 bits per heavy atom. The summed E-state index contributed by atoms with van der Waals surface area (Å²) in [6.45, 7) is 2.28. The van der Waals surface area contributed by atoms with E-state index in [2.05, 4.69) is 13.0 Å². The molecule has 2 heteroatoms. The van der Waals surface area contributed by atoms with Crippen molar-refractivity contribution in [2.45, 2.75) is 77.6 Å². The van der Waals surface area contributed by atoms with E-state index in [0.717, 1.165) is 4.34 Å². The topological polar surface area (TPSA) is 0 Å². The Hall–Kier alpha value is -0.0100. The van der Waals surface area contributed by atoms with E-state index in [1.54, 1.807) is 11.3 Å². The molecule has 0 amide bonds. The van der Waals surface area contributed by atoms with Gasteiger partial charge in [0.2, 0.25) is 0 Å². The maximum atomic E-state index is 5.91. The van der Waals surface area contributed by atoms with Crippen molar-refractivity contribution in [3.8, 4) is 0 Å². The Kier molecular flexibility index (Phi) is 9.69. The maximum absolute atomic E-state index is 5.91. The summed E-state index contributed by atoms with van der Waals surface area (Å²) < 4.78 is 0.928. The summed E-state index contributed by atoms with van der Waals surface area (Å²) in [6, 6.07) is 4.18. The molecule has 0 nitrogen and oxygen atoms in total. The van der Waals surface area contributed by atoms with E-state index in [9.17, 15) is 0 Å². The van der Waals surface area contributed by atoms with Crippen molar-refractivity contribution >= 4 is 22.9 Å². The number of hydrogen-bond acceptors (Lipinski definition) is 1. The lowest BCUT2D eigenvalue weighted by molar-refractivity contribution is 0.557. The first-order chi connectivity index (χ1) is 8.83. The van der Waals surface area contributed by atoms with E-state index in [1.807, 2.05) is 6.07 Å². The third-order valence-electron chi connectivity index (χ3n) is 3.41. The first-order valence-electron chi connectivity index (χ1n) is 7.57. The summed E-state index contributed by atoms with van der Waals surface area (Å²) in [7, 11) is 0. The van der Waals surface area contributed by atoms with E-state index in [0.29, 0.717) is 0 Å². The fourth-order valence-corrected chi connectivity index (χ4v) is 3.40. The van der Waals surface area contributed by atoms with Crippen LogP contribution in [0.3, 0.4) is 0 Å². The number of hydrogen-bond donors (Lipinski definition) is 0. The third kappa shape index (κ3) is 8.16. The molecule has 104 valence electrons. The number of aryl methyl sites for hydroxylation is 1. The third-order valence-corrected chi connectivity index (χ3v) is 4.70. The Balaban J connectivity index is 1.81. The van der Waals surface area contributed by atoms with Gasteiger partial charge in [0.15, 0.2) is 0 Å². The molecule has 0 spiro atoms. The molecule has 0 radical (unpaired) electrons. The number of thiophene rings is 1. The molecule has 0 saturated carbocycles. The van der Waals surface area contributed by atoms with E-state index in [-0.39, 0.29) is 0 Å². The molecule has 0 aliphatic heterocycles. The van der Waals surface area contributed by atoms with Gasteiger partial charge in [0.25, 0.3) is 0 Å². The van der Waals surface area contributed by atoms with Gasteiger partial charge in [-0.2, -0.15) is 0 Å². The lowest BCUT2D eigenvalue weighted by Crippen LogP contribution is -1.83. The Morgan fingerprint density at radius 1 is 0.833 bits per heavy atom. The van der Waals surface area contributed by atoms with Crippen molar-refractivity contribution in [2.24, 2.45) is 0 Å². The van der Waals surface area contributed by atoms with Gasteiger partial charge in [-0.25, -0.2) is 0 Å². The zero-order valence-corrected chi connectivity index (χ0v) is 13.3. The van der Waals surface area contributed by atoms with E-state index in [4.69, 9.17) is 11.6 Å². The van der Waals surface area contributed by atoms with Crippen LogP contribution in [0.5, 0.6) is 0 Å². The van der Waals surface area contributed by atoms with Crippen molar-refractivity contribution in [3.63, 3.8) is 0 Å². The summed E-state index contributed by atoms with van der Waals surface area (Å²) in [5.41, 5.74) is 0. The Morgan fingerprint density at radius 2 is 1.39 bits per heavy atom. The van der Waals surface area contributed by atoms with Crippen LogP contribution in [0.4, 0.5) is 0 Å². The highest BCUT2D eigenvalue weighted by Crippen LogP contribution is 2.23. The maximum Gasteiger partial charge on any atom is 0.0931 e. The van der Waals surface area contributed by atoms with Crippen molar-refractivity contribution < 1.29 is 0 Å². The second-order valence-electron chi connectivity index (χ2n) is 5.14. The van der Waals surface area contributed by atoms with Gasteiger partial charge in [0, 0.05) is 4.88 Å². The largest absolute Gasteiger partial charge is 0.128 e. The average molecular weight is 287 g/mol. The van der Waals surface area contributed by atoms with Gasteiger partial charge in [0.1, 0.15) is 0 Å². The van der Waals surface area contributed by atoms with Gasteiger partial charge < -0.3 is 0 Å². The normalized spacial score (nSPS) is 11.0. The molecule has 0 unspecified atom stereocenters. The van der Waals surface area contributed by atoms with Crippen LogP contribution in [0.1, 0.15) is 76.0 Å². The molecular formula is C16H27ClS. The monoisotopic (exact) mass is 286 g/mol. The van der Waals surface area contributed by atoms with Crippen molar-refractivity contribution in [3.05, 3.63) is 21.3 Å². The zero-order chi connectivity index (χ0) is 13.1. The van der Waals surface area contributed by atoms with Gasteiger partial charge in [0.05, 0.1) is 4.34 Å². The standard InChI is InChI=1S/C16H27ClS/c1-2-3-4-5-6-7-8-9-10-11-12-15-13-14-16(17)18-15/h13-14H,2-12H2,1H3. The minimum Gasteiger partial charge on any atom is -0.128 e. The van der Waals surface area contributed by atoms with Crippen LogP contribution in [-0.2, 0) is 6.42 Å². The molecule has 0 atom stereocenters. The average Bonchev–Trinajstić information content (AvgIpc) is 2.77. The molecule has 18 heavy (non-hydrogen) atoms. The SMILES string of the molecule is CCCCCCCCCCCCc1ccc(Cl)s1. The summed E-state index contributed by atoms with van der Waals surface area (Å²) in [4.78, 5) is 1.44. The molecule has 0 aliphatic rings. The van der Waals surface area contributed by atoms with Crippen LogP contribution >= 0.6 is 22.9 Å². The van der Waals surface area contributed by atoms with Crippen LogP contribution in [0.15, 0.2) is 12.1 Å². The van der Waals surface area contributed by atoms with Crippen LogP contribution < -0.4 is 0 Å². The molecule has 1 aromatic heterocycles. The van der Waals surface area contributed by atoms with Crippen LogP contribution in [0, 0.1) is 0 Å². The molecule has 1 rings (SSSR count). The number of unbranched alkanes of at least 4 members (excludes halogenated alkanes) is 9. The summed E-state index contributed by atoms with van der Waals surface area (Å²) in [6.07, 6.45) is 15.3. The highest BCUT2D eigenvalue weighted by molar-refractivity contribution is 7.16. The highest BCUT2D eigenvalue weighted by Gasteiger charge is 1.98. The predicted molar refractivity (Wildman–Crippen MR) is 84.9 cm³/mol. The lowest BCUT2D eigenvalue weighted by Gasteiger charge is -2.01. The quantitative estimate of drug-likeness (QED) is 0.390. The predicted octanol–water partition coefficient (Wildman–Crippen LogP) is 6.86. The van der Waals surface area contributed by atoms with Gasteiger partial charge in [-0.3, -0.25) is 0 Å². The van der Waals surface area contributed by atoms with Crippen LogP contribution in [0.2, 0.25) is 4.34 Å². The lowest BCUT2D eigenvalue weighted by atomic mass is 10.1. The van der Waals surface area contributed by atoms with Crippen molar-refractivity contribution in [2.75, 3.05) is 0 Å². The van der Waals surface area contributed by atoms with E-state index < -0.39 is 0 Å². The van der Waals surface area contributed by atoms with Crippen molar-refractivity contribution in [1.29, 1.82) is 0 Å².